The van der Waals surface area contributed by atoms with Gasteiger partial charge in [0.15, 0.2) is 0 Å². The van der Waals surface area contributed by atoms with Gasteiger partial charge in [0, 0.05) is 12.6 Å². The molecular weight excluding hydrogens is 300 g/mol. The van der Waals surface area contributed by atoms with E-state index in [2.05, 4.69) is 4.74 Å². The second-order valence-electron chi connectivity index (χ2n) is 4.19. The fourth-order valence-electron chi connectivity index (χ4n) is 1.78. The van der Waals surface area contributed by atoms with Gasteiger partial charge in [-0.2, -0.15) is 0 Å². The van der Waals surface area contributed by atoms with Crippen molar-refractivity contribution in [2.45, 2.75) is 13.3 Å². The second-order valence-corrected chi connectivity index (χ2v) is 4.60. The number of nitrogens with zero attached hydrogens (tertiary/aromatic N) is 2. The highest BCUT2D eigenvalue weighted by atomic mass is 35.5. The molecule has 114 valence electrons. The molecule has 21 heavy (non-hydrogen) atoms. The van der Waals surface area contributed by atoms with Crippen molar-refractivity contribution in [3.8, 4) is 0 Å². The highest BCUT2D eigenvalue weighted by molar-refractivity contribution is 6.34. The fourth-order valence-corrected chi connectivity index (χ4v) is 2.03. The van der Waals surface area contributed by atoms with E-state index in [-0.39, 0.29) is 23.7 Å². The van der Waals surface area contributed by atoms with E-state index in [0.29, 0.717) is 6.42 Å². The minimum atomic E-state index is -0.679. The molecule has 1 aromatic carbocycles. The van der Waals surface area contributed by atoms with Crippen molar-refractivity contribution in [1.29, 1.82) is 0 Å². The zero-order valence-corrected chi connectivity index (χ0v) is 12.4. The lowest BCUT2D eigenvalue weighted by Gasteiger charge is -2.21. The average molecular weight is 315 g/mol. The van der Waals surface area contributed by atoms with Gasteiger partial charge in [-0.15, -0.1) is 0 Å². The van der Waals surface area contributed by atoms with Gasteiger partial charge in [-0.05, 0) is 12.5 Å². The summed E-state index contributed by atoms with van der Waals surface area (Å²) in [7, 11) is 1.20. The van der Waals surface area contributed by atoms with Gasteiger partial charge < -0.3 is 9.64 Å². The van der Waals surface area contributed by atoms with E-state index in [1.807, 2.05) is 6.92 Å². The predicted molar refractivity (Wildman–Crippen MR) is 76.3 cm³/mol. The molecular formula is C13H15ClN2O5. The summed E-state index contributed by atoms with van der Waals surface area (Å²) in [6.07, 6.45) is 0.584. The molecule has 0 spiro atoms. The molecule has 0 saturated heterocycles. The first-order valence-corrected chi connectivity index (χ1v) is 6.59. The number of carbonyl (C=O) groups excluding carboxylic acids is 2. The maximum atomic E-state index is 12.5. The average Bonchev–Trinajstić information content (AvgIpc) is 2.45. The summed E-state index contributed by atoms with van der Waals surface area (Å²) in [5.41, 5.74) is -0.611. The number of carbonyl (C=O) groups is 2. The van der Waals surface area contributed by atoms with Crippen molar-refractivity contribution in [2.75, 3.05) is 20.2 Å². The van der Waals surface area contributed by atoms with Gasteiger partial charge >= 0.3 is 5.97 Å². The molecule has 0 aliphatic heterocycles. The van der Waals surface area contributed by atoms with E-state index in [0.717, 1.165) is 0 Å². The smallest absolute Gasteiger partial charge is 0.325 e. The number of nitro groups is 1. The molecule has 0 heterocycles. The lowest BCUT2D eigenvalue weighted by molar-refractivity contribution is -0.385. The highest BCUT2D eigenvalue weighted by Crippen LogP contribution is 2.27. The van der Waals surface area contributed by atoms with Crippen LogP contribution in [-0.2, 0) is 9.53 Å². The number of methoxy groups -OCH3 is 1. The lowest BCUT2D eigenvalue weighted by atomic mass is 10.1. The van der Waals surface area contributed by atoms with Gasteiger partial charge in [-0.3, -0.25) is 19.7 Å². The largest absolute Gasteiger partial charge is 0.468 e. The van der Waals surface area contributed by atoms with Gasteiger partial charge in [0.05, 0.1) is 17.1 Å². The molecule has 0 unspecified atom stereocenters. The second kappa shape index (κ2) is 7.58. The molecule has 1 aromatic rings. The van der Waals surface area contributed by atoms with E-state index in [9.17, 15) is 19.7 Å². The number of rotatable bonds is 6. The fraction of sp³-hybridized carbons (Fsp3) is 0.385. The molecule has 1 rings (SSSR count). The molecule has 0 bridgehead atoms. The molecule has 0 N–H and O–H groups in total. The number of hydrogen-bond donors (Lipinski definition) is 0. The molecule has 1 amide bonds. The Hall–Kier alpha value is -2.15. The maximum absolute atomic E-state index is 12.5. The molecule has 0 radical (unpaired) electrons. The lowest BCUT2D eigenvalue weighted by Crippen LogP contribution is -2.37. The van der Waals surface area contributed by atoms with Crippen molar-refractivity contribution in [2.24, 2.45) is 0 Å². The Bertz CT molecular complexity index is 561. The van der Waals surface area contributed by atoms with E-state index in [1.54, 1.807) is 0 Å². The first kappa shape index (κ1) is 16.9. The Morgan fingerprint density at radius 3 is 2.62 bits per heavy atom. The zero-order valence-electron chi connectivity index (χ0n) is 11.7. The van der Waals surface area contributed by atoms with Crippen LogP contribution < -0.4 is 0 Å². The van der Waals surface area contributed by atoms with Gasteiger partial charge in [0.25, 0.3) is 11.6 Å². The third kappa shape index (κ3) is 4.16. The van der Waals surface area contributed by atoms with Crippen LogP contribution in [-0.4, -0.2) is 41.9 Å². The van der Waals surface area contributed by atoms with Crippen LogP contribution in [0.15, 0.2) is 18.2 Å². The van der Waals surface area contributed by atoms with Crippen LogP contribution in [0.3, 0.4) is 0 Å². The number of halogens is 1. The van der Waals surface area contributed by atoms with E-state index in [1.165, 1.54) is 30.2 Å². The summed E-state index contributed by atoms with van der Waals surface area (Å²) >= 11 is 5.91. The van der Waals surface area contributed by atoms with Crippen LogP contribution in [0.1, 0.15) is 23.7 Å². The summed E-state index contributed by atoms with van der Waals surface area (Å²) in [5.74, 6) is -1.27. The molecule has 0 aromatic heterocycles. The first-order chi connectivity index (χ1) is 9.92. The van der Waals surface area contributed by atoms with Crippen molar-refractivity contribution >= 4 is 29.2 Å². The Labute approximate surface area is 126 Å². The van der Waals surface area contributed by atoms with Crippen LogP contribution in [0.25, 0.3) is 0 Å². The molecule has 7 nitrogen and oxygen atoms in total. The molecule has 8 heteroatoms. The zero-order chi connectivity index (χ0) is 16.0. The van der Waals surface area contributed by atoms with E-state index in [4.69, 9.17) is 11.6 Å². The third-order valence-corrected chi connectivity index (χ3v) is 3.05. The number of nitro benzene ring substituents is 1. The first-order valence-electron chi connectivity index (χ1n) is 6.21. The van der Waals surface area contributed by atoms with Crippen molar-refractivity contribution in [3.05, 3.63) is 38.9 Å². The Morgan fingerprint density at radius 1 is 1.43 bits per heavy atom. The molecule has 0 aliphatic carbocycles. The van der Waals surface area contributed by atoms with Gasteiger partial charge in [0.1, 0.15) is 12.1 Å². The Balaban J connectivity index is 3.20. The SMILES string of the molecule is CCCN(CC(=O)OC)C(=O)c1c(Cl)cccc1[N+](=O)[O-]. The van der Waals surface area contributed by atoms with Gasteiger partial charge in [-0.25, -0.2) is 0 Å². The third-order valence-electron chi connectivity index (χ3n) is 2.73. The van der Waals surface area contributed by atoms with Crippen molar-refractivity contribution in [3.63, 3.8) is 0 Å². The molecule has 0 saturated carbocycles. The maximum Gasteiger partial charge on any atom is 0.325 e. The molecule has 0 atom stereocenters. The number of esters is 1. The van der Waals surface area contributed by atoms with Crippen LogP contribution in [0, 0.1) is 10.1 Å². The minimum Gasteiger partial charge on any atom is -0.468 e. The van der Waals surface area contributed by atoms with Crippen molar-refractivity contribution < 1.29 is 19.2 Å². The number of benzene rings is 1. The van der Waals surface area contributed by atoms with E-state index < -0.39 is 22.5 Å². The van der Waals surface area contributed by atoms with Gasteiger partial charge in [-0.1, -0.05) is 24.6 Å². The minimum absolute atomic E-state index is 0.0276. The Morgan fingerprint density at radius 2 is 2.10 bits per heavy atom. The van der Waals surface area contributed by atoms with E-state index >= 15 is 0 Å². The van der Waals surface area contributed by atoms with Crippen LogP contribution in [0.2, 0.25) is 5.02 Å². The normalized spacial score (nSPS) is 10.0. The predicted octanol–water partition coefficient (Wildman–Crippen LogP) is 2.27. The quantitative estimate of drug-likeness (QED) is 0.456. The molecule has 0 fully saturated rings. The topological polar surface area (TPSA) is 89.8 Å². The highest BCUT2D eigenvalue weighted by Gasteiger charge is 2.28. The summed E-state index contributed by atoms with van der Waals surface area (Å²) in [5, 5.41) is 11.0. The van der Waals surface area contributed by atoms with Crippen LogP contribution >= 0.6 is 11.6 Å². The molecule has 0 aliphatic rings. The number of hydrogen-bond acceptors (Lipinski definition) is 5. The van der Waals surface area contributed by atoms with Crippen LogP contribution in [0.5, 0.6) is 0 Å². The standard InChI is InChI=1S/C13H15ClN2O5/c1-3-7-15(8-11(17)21-2)13(18)12-9(14)5-4-6-10(12)16(19)20/h4-6H,3,7-8H2,1-2H3. The Kier molecular flexibility index (Phi) is 6.10. The number of amides is 1. The monoisotopic (exact) mass is 314 g/mol. The summed E-state index contributed by atoms with van der Waals surface area (Å²) in [6, 6.07) is 3.98. The summed E-state index contributed by atoms with van der Waals surface area (Å²) < 4.78 is 4.52. The van der Waals surface area contributed by atoms with Crippen LogP contribution in [0.4, 0.5) is 5.69 Å². The van der Waals surface area contributed by atoms with Crippen molar-refractivity contribution in [1.82, 2.24) is 4.90 Å². The van der Waals surface area contributed by atoms with Gasteiger partial charge in [0.2, 0.25) is 0 Å². The number of ether oxygens (including phenoxy) is 1. The summed E-state index contributed by atoms with van der Waals surface area (Å²) in [4.78, 5) is 35.3. The summed E-state index contributed by atoms with van der Waals surface area (Å²) in [6.45, 7) is 1.79.